The summed E-state index contributed by atoms with van der Waals surface area (Å²) in [6, 6.07) is 5.88. The van der Waals surface area contributed by atoms with E-state index in [1.165, 1.54) is 12.1 Å². The highest BCUT2D eigenvalue weighted by molar-refractivity contribution is 5.51. The topological polar surface area (TPSA) is 77.0 Å². The van der Waals surface area contributed by atoms with E-state index in [1.807, 2.05) is 13.8 Å². The van der Waals surface area contributed by atoms with Crippen LogP contribution in [0.4, 0.5) is 4.39 Å². The summed E-state index contributed by atoms with van der Waals surface area (Å²) >= 11 is 0. The Morgan fingerprint density at radius 1 is 1.17 bits per heavy atom. The van der Waals surface area contributed by atoms with Gasteiger partial charge < -0.3 is 9.52 Å². The molecule has 0 saturated heterocycles. The normalized spacial score (nSPS) is 11.1. The lowest BCUT2D eigenvalue weighted by atomic mass is 10.1. The SMILES string of the molecule is Cc1nn(Cc2nnc(-c3ccc(F)cc3)o2)c(C)c1CCO. The Bertz CT molecular complexity index is 808. The second-order valence-electron chi connectivity index (χ2n) is 5.29. The smallest absolute Gasteiger partial charge is 0.247 e. The van der Waals surface area contributed by atoms with Gasteiger partial charge in [-0.25, -0.2) is 4.39 Å². The number of rotatable bonds is 5. The lowest BCUT2D eigenvalue weighted by Gasteiger charge is -2.01. The number of aryl methyl sites for hydroxylation is 1. The van der Waals surface area contributed by atoms with Crippen LogP contribution in [0.1, 0.15) is 22.8 Å². The number of hydrogen-bond acceptors (Lipinski definition) is 5. The van der Waals surface area contributed by atoms with Crippen molar-refractivity contribution in [3.8, 4) is 11.5 Å². The second-order valence-corrected chi connectivity index (χ2v) is 5.29. The van der Waals surface area contributed by atoms with Gasteiger partial charge in [-0.2, -0.15) is 5.10 Å². The molecule has 0 radical (unpaired) electrons. The van der Waals surface area contributed by atoms with Gasteiger partial charge in [0.2, 0.25) is 11.8 Å². The van der Waals surface area contributed by atoms with E-state index in [0.29, 0.717) is 30.3 Å². The quantitative estimate of drug-likeness (QED) is 0.781. The standard InChI is InChI=1S/C16H17FN4O2/c1-10-14(7-8-22)11(2)21(20-10)9-15-18-19-16(23-15)12-3-5-13(17)6-4-12/h3-6,22H,7-9H2,1-2H3. The predicted molar refractivity (Wildman–Crippen MR) is 81.3 cm³/mol. The molecule has 0 amide bonds. The van der Waals surface area contributed by atoms with Gasteiger partial charge in [0.25, 0.3) is 0 Å². The zero-order valence-electron chi connectivity index (χ0n) is 13.0. The number of hydrogen-bond donors (Lipinski definition) is 1. The molecule has 23 heavy (non-hydrogen) atoms. The zero-order valence-corrected chi connectivity index (χ0v) is 13.0. The maximum Gasteiger partial charge on any atom is 0.247 e. The monoisotopic (exact) mass is 316 g/mol. The Morgan fingerprint density at radius 3 is 2.61 bits per heavy atom. The third kappa shape index (κ3) is 3.14. The van der Waals surface area contributed by atoms with Crippen molar-refractivity contribution >= 4 is 0 Å². The molecule has 0 spiro atoms. The van der Waals surface area contributed by atoms with E-state index in [4.69, 9.17) is 9.52 Å². The van der Waals surface area contributed by atoms with Crippen LogP contribution >= 0.6 is 0 Å². The number of halogens is 1. The lowest BCUT2D eigenvalue weighted by molar-refractivity contribution is 0.299. The summed E-state index contributed by atoms with van der Waals surface area (Å²) in [5, 5.41) is 21.6. The fourth-order valence-corrected chi connectivity index (χ4v) is 2.52. The number of aliphatic hydroxyl groups excluding tert-OH is 1. The lowest BCUT2D eigenvalue weighted by Crippen LogP contribution is -2.05. The van der Waals surface area contributed by atoms with Crippen molar-refractivity contribution in [3.63, 3.8) is 0 Å². The maximum atomic E-state index is 12.9. The molecule has 0 unspecified atom stereocenters. The summed E-state index contributed by atoms with van der Waals surface area (Å²) in [7, 11) is 0. The molecule has 3 aromatic rings. The number of benzene rings is 1. The Kier molecular flexibility index (Phi) is 4.20. The van der Waals surface area contributed by atoms with Gasteiger partial charge in [0.05, 0.1) is 5.69 Å². The van der Waals surface area contributed by atoms with Crippen LogP contribution in [0.3, 0.4) is 0 Å². The molecule has 0 bridgehead atoms. The summed E-state index contributed by atoms with van der Waals surface area (Å²) in [6.07, 6.45) is 0.572. The van der Waals surface area contributed by atoms with Crippen LogP contribution in [0.15, 0.2) is 28.7 Å². The highest BCUT2D eigenvalue weighted by atomic mass is 19.1. The first kappa shape index (κ1) is 15.4. The third-order valence-electron chi connectivity index (χ3n) is 3.74. The fraction of sp³-hybridized carbons (Fsp3) is 0.312. The first-order valence-corrected chi connectivity index (χ1v) is 7.30. The summed E-state index contributed by atoms with van der Waals surface area (Å²) < 4.78 is 20.3. The molecule has 1 N–H and O–H groups in total. The van der Waals surface area contributed by atoms with Gasteiger partial charge in [0.1, 0.15) is 12.4 Å². The molecule has 1 aromatic carbocycles. The van der Waals surface area contributed by atoms with Gasteiger partial charge in [0, 0.05) is 17.9 Å². The minimum atomic E-state index is -0.312. The summed E-state index contributed by atoms with van der Waals surface area (Å²) in [4.78, 5) is 0. The minimum Gasteiger partial charge on any atom is -0.419 e. The predicted octanol–water partition coefficient (Wildman–Crippen LogP) is 2.27. The van der Waals surface area contributed by atoms with Crippen molar-refractivity contribution in [2.24, 2.45) is 0 Å². The molecule has 0 fully saturated rings. The molecule has 6 nitrogen and oxygen atoms in total. The minimum absolute atomic E-state index is 0.0860. The molecular weight excluding hydrogens is 299 g/mol. The van der Waals surface area contributed by atoms with E-state index >= 15 is 0 Å². The van der Waals surface area contributed by atoms with E-state index < -0.39 is 0 Å². The summed E-state index contributed by atoms with van der Waals surface area (Å²) in [6.45, 7) is 4.30. The zero-order chi connectivity index (χ0) is 16.4. The molecular formula is C16H17FN4O2. The summed E-state index contributed by atoms with van der Waals surface area (Å²) in [5.74, 6) is 0.454. The molecule has 120 valence electrons. The molecule has 0 saturated carbocycles. The molecule has 3 rings (SSSR count). The van der Waals surface area contributed by atoms with Crippen LogP contribution in [0.25, 0.3) is 11.5 Å². The Morgan fingerprint density at radius 2 is 1.91 bits per heavy atom. The first-order valence-electron chi connectivity index (χ1n) is 7.30. The van der Waals surface area contributed by atoms with E-state index in [2.05, 4.69) is 15.3 Å². The number of nitrogens with zero attached hydrogens (tertiary/aromatic N) is 4. The molecule has 0 aliphatic rings. The molecule has 2 heterocycles. The van der Waals surface area contributed by atoms with Crippen LogP contribution in [-0.4, -0.2) is 31.7 Å². The van der Waals surface area contributed by atoms with Gasteiger partial charge >= 0.3 is 0 Å². The van der Waals surface area contributed by atoms with Crippen molar-refractivity contribution in [1.82, 2.24) is 20.0 Å². The van der Waals surface area contributed by atoms with Gasteiger partial charge in [0.15, 0.2) is 0 Å². The molecule has 0 aliphatic heterocycles. The Labute approximate surface area is 132 Å². The highest BCUT2D eigenvalue weighted by Gasteiger charge is 2.14. The van der Waals surface area contributed by atoms with Crippen LogP contribution in [0.5, 0.6) is 0 Å². The van der Waals surface area contributed by atoms with Crippen molar-refractivity contribution in [1.29, 1.82) is 0 Å². The average molecular weight is 316 g/mol. The van der Waals surface area contributed by atoms with Gasteiger partial charge in [-0.3, -0.25) is 4.68 Å². The van der Waals surface area contributed by atoms with Gasteiger partial charge in [-0.1, -0.05) is 0 Å². The average Bonchev–Trinajstić information content (AvgIpc) is 3.09. The second kappa shape index (κ2) is 6.29. The van der Waals surface area contributed by atoms with Crippen molar-refractivity contribution < 1.29 is 13.9 Å². The largest absolute Gasteiger partial charge is 0.419 e. The van der Waals surface area contributed by atoms with Gasteiger partial charge in [-0.05, 0) is 50.1 Å². The molecule has 0 aliphatic carbocycles. The number of aliphatic hydroxyl groups is 1. The third-order valence-corrected chi connectivity index (χ3v) is 3.74. The van der Waals surface area contributed by atoms with Crippen LogP contribution < -0.4 is 0 Å². The Balaban J connectivity index is 1.82. The fourth-order valence-electron chi connectivity index (χ4n) is 2.52. The van der Waals surface area contributed by atoms with Crippen LogP contribution in [0.2, 0.25) is 0 Å². The van der Waals surface area contributed by atoms with Crippen molar-refractivity contribution in [3.05, 3.63) is 52.9 Å². The van der Waals surface area contributed by atoms with Gasteiger partial charge in [-0.15, -0.1) is 10.2 Å². The first-order chi connectivity index (χ1) is 11.1. The molecule has 2 aromatic heterocycles. The van der Waals surface area contributed by atoms with E-state index in [-0.39, 0.29) is 12.4 Å². The van der Waals surface area contributed by atoms with E-state index in [0.717, 1.165) is 17.0 Å². The van der Waals surface area contributed by atoms with Crippen molar-refractivity contribution in [2.75, 3.05) is 6.61 Å². The Hall–Kier alpha value is -2.54. The highest BCUT2D eigenvalue weighted by Crippen LogP contribution is 2.19. The molecule has 7 heteroatoms. The van der Waals surface area contributed by atoms with E-state index in [1.54, 1.807) is 16.8 Å². The van der Waals surface area contributed by atoms with Crippen molar-refractivity contribution in [2.45, 2.75) is 26.8 Å². The maximum absolute atomic E-state index is 12.9. The molecule has 0 atom stereocenters. The van der Waals surface area contributed by atoms with Crippen LogP contribution in [0, 0.1) is 19.7 Å². The summed E-state index contributed by atoms with van der Waals surface area (Å²) in [5.41, 5.74) is 3.55. The van der Waals surface area contributed by atoms with Crippen LogP contribution in [-0.2, 0) is 13.0 Å². The number of aromatic nitrogens is 4. The van der Waals surface area contributed by atoms with E-state index in [9.17, 15) is 4.39 Å².